The quantitative estimate of drug-likeness (QED) is 0.719. The summed E-state index contributed by atoms with van der Waals surface area (Å²) in [5, 5.41) is 11.8. The van der Waals surface area contributed by atoms with E-state index in [1.165, 1.54) is 12.8 Å². The van der Waals surface area contributed by atoms with Gasteiger partial charge in [-0.15, -0.1) is 0 Å². The normalized spacial score (nSPS) is 17.9. The maximum absolute atomic E-state index is 11.9. The molecule has 0 saturated heterocycles. The highest BCUT2D eigenvalue weighted by Gasteiger charge is 2.21. The summed E-state index contributed by atoms with van der Waals surface area (Å²) >= 11 is 0. The van der Waals surface area contributed by atoms with E-state index in [2.05, 4.69) is 5.32 Å². The highest BCUT2D eigenvalue weighted by Crippen LogP contribution is 2.17. The van der Waals surface area contributed by atoms with Crippen molar-refractivity contribution in [3.8, 4) is 0 Å². The first-order valence-corrected chi connectivity index (χ1v) is 6.78. The zero-order chi connectivity index (χ0) is 13.5. The van der Waals surface area contributed by atoms with E-state index in [0.717, 1.165) is 19.3 Å². The van der Waals surface area contributed by atoms with Gasteiger partial charge in [-0.1, -0.05) is 19.8 Å². The lowest BCUT2D eigenvalue weighted by atomic mass is 10.2. The molecule has 18 heavy (non-hydrogen) atoms. The number of rotatable bonds is 7. The molecule has 0 spiro atoms. The number of carbonyl (C=O) groups is 2. The zero-order valence-electron chi connectivity index (χ0n) is 11.3. The van der Waals surface area contributed by atoms with E-state index in [9.17, 15) is 9.59 Å². The first kappa shape index (κ1) is 15.0. The van der Waals surface area contributed by atoms with Crippen LogP contribution in [0.5, 0.6) is 0 Å². The van der Waals surface area contributed by atoms with Gasteiger partial charge in [0.25, 0.3) is 0 Å². The van der Waals surface area contributed by atoms with Gasteiger partial charge in [-0.05, 0) is 26.2 Å². The molecule has 1 aliphatic carbocycles. The molecule has 0 heterocycles. The number of carboxylic acid groups (broad SMARTS) is 1. The van der Waals surface area contributed by atoms with Gasteiger partial charge in [0.1, 0.15) is 0 Å². The van der Waals surface area contributed by atoms with Crippen LogP contribution in [0.3, 0.4) is 0 Å². The van der Waals surface area contributed by atoms with Crippen molar-refractivity contribution in [3.05, 3.63) is 0 Å². The number of carbonyl (C=O) groups excluding carboxylic acids is 1. The Morgan fingerprint density at radius 3 is 2.44 bits per heavy atom. The minimum Gasteiger partial charge on any atom is -0.480 e. The van der Waals surface area contributed by atoms with Gasteiger partial charge in [-0.25, -0.2) is 0 Å². The third kappa shape index (κ3) is 5.04. The Bertz CT molecular complexity index is 288. The maximum atomic E-state index is 11.9. The summed E-state index contributed by atoms with van der Waals surface area (Å²) in [6.45, 7) is 4.05. The van der Waals surface area contributed by atoms with E-state index < -0.39 is 5.97 Å². The predicted molar refractivity (Wildman–Crippen MR) is 69.4 cm³/mol. The summed E-state index contributed by atoms with van der Waals surface area (Å²) in [5.74, 6) is -0.938. The molecule has 5 heteroatoms. The van der Waals surface area contributed by atoms with E-state index in [0.29, 0.717) is 6.04 Å². The van der Waals surface area contributed by atoms with Gasteiger partial charge in [0, 0.05) is 12.1 Å². The standard InChI is InChI=1S/C13H24N2O3/c1-3-10(2)15(9-13(17)18)8-12(16)14-11-6-4-5-7-11/h10-11H,3-9H2,1-2H3,(H,14,16)(H,17,18). The smallest absolute Gasteiger partial charge is 0.317 e. The fraction of sp³-hybridized carbons (Fsp3) is 0.846. The third-order valence-corrected chi connectivity index (χ3v) is 3.62. The van der Waals surface area contributed by atoms with Gasteiger partial charge in [0.05, 0.1) is 13.1 Å². The lowest BCUT2D eigenvalue weighted by molar-refractivity contribution is -0.139. The van der Waals surface area contributed by atoms with Crippen molar-refractivity contribution in [1.82, 2.24) is 10.2 Å². The predicted octanol–water partition coefficient (Wildman–Crippen LogP) is 1.23. The van der Waals surface area contributed by atoms with Crippen molar-refractivity contribution in [2.24, 2.45) is 0 Å². The maximum Gasteiger partial charge on any atom is 0.317 e. The molecule has 1 amide bonds. The number of nitrogens with one attached hydrogen (secondary N) is 1. The Labute approximate surface area is 109 Å². The van der Waals surface area contributed by atoms with Gasteiger partial charge < -0.3 is 10.4 Å². The van der Waals surface area contributed by atoms with Crippen LogP contribution in [-0.4, -0.2) is 47.1 Å². The van der Waals surface area contributed by atoms with Crippen molar-refractivity contribution in [2.45, 2.75) is 58.0 Å². The summed E-state index contributed by atoms with van der Waals surface area (Å²) < 4.78 is 0. The molecule has 0 bridgehead atoms. The number of nitrogens with zero attached hydrogens (tertiary/aromatic N) is 1. The second kappa shape index (κ2) is 7.36. The van der Waals surface area contributed by atoms with Crippen molar-refractivity contribution in [1.29, 1.82) is 0 Å². The van der Waals surface area contributed by atoms with Gasteiger partial charge in [0.15, 0.2) is 0 Å². The summed E-state index contributed by atoms with van der Waals surface area (Å²) in [6.07, 6.45) is 5.29. The van der Waals surface area contributed by atoms with Crippen LogP contribution < -0.4 is 5.32 Å². The minimum atomic E-state index is -0.885. The number of carboxylic acids is 1. The summed E-state index contributed by atoms with van der Waals surface area (Å²) in [5.41, 5.74) is 0. The number of aliphatic carboxylic acids is 1. The SMILES string of the molecule is CCC(C)N(CC(=O)O)CC(=O)NC1CCCC1. The molecule has 2 N–H and O–H groups in total. The Morgan fingerprint density at radius 1 is 1.33 bits per heavy atom. The van der Waals surface area contributed by atoms with Crippen molar-refractivity contribution < 1.29 is 14.7 Å². The molecular formula is C13H24N2O3. The molecule has 0 aromatic carbocycles. The summed E-state index contributed by atoms with van der Waals surface area (Å²) in [4.78, 5) is 24.4. The molecule has 5 nitrogen and oxygen atoms in total. The van der Waals surface area contributed by atoms with Crippen LogP contribution in [0.2, 0.25) is 0 Å². The molecule has 1 unspecified atom stereocenters. The number of amides is 1. The molecule has 0 aromatic heterocycles. The molecular weight excluding hydrogens is 232 g/mol. The Kier molecular flexibility index (Phi) is 6.12. The van der Waals surface area contributed by atoms with Crippen molar-refractivity contribution >= 4 is 11.9 Å². The number of hydrogen-bond donors (Lipinski definition) is 2. The molecule has 0 radical (unpaired) electrons. The van der Waals surface area contributed by atoms with Crippen LogP contribution in [0.15, 0.2) is 0 Å². The monoisotopic (exact) mass is 256 g/mol. The van der Waals surface area contributed by atoms with Crippen molar-refractivity contribution in [3.63, 3.8) is 0 Å². The van der Waals surface area contributed by atoms with Crippen LogP contribution in [0, 0.1) is 0 Å². The molecule has 104 valence electrons. The lowest BCUT2D eigenvalue weighted by Gasteiger charge is -2.26. The Morgan fingerprint density at radius 2 is 1.94 bits per heavy atom. The Hall–Kier alpha value is -1.10. The highest BCUT2D eigenvalue weighted by molar-refractivity contribution is 5.79. The molecule has 1 aliphatic rings. The van der Waals surface area contributed by atoms with Crippen LogP contribution in [0.1, 0.15) is 46.0 Å². The molecule has 1 rings (SSSR count). The third-order valence-electron chi connectivity index (χ3n) is 3.62. The van der Waals surface area contributed by atoms with E-state index in [4.69, 9.17) is 5.11 Å². The second-order valence-corrected chi connectivity index (χ2v) is 5.10. The molecule has 0 aliphatic heterocycles. The zero-order valence-corrected chi connectivity index (χ0v) is 11.3. The van der Waals surface area contributed by atoms with Gasteiger partial charge in [0.2, 0.25) is 5.91 Å². The van der Waals surface area contributed by atoms with E-state index in [-0.39, 0.29) is 25.0 Å². The second-order valence-electron chi connectivity index (χ2n) is 5.10. The van der Waals surface area contributed by atoms with E-state index in [1.54, 1.807) is 4.90 Å². The molecule has 0 aromatic rings. The lowest BCUT2D eigenvalue weighted by Crippen LogP contribution is -2.46. The molecule has 1 fully saturated rings. The first-order valence-electron chi connectivity index (χ1n) is 6.78. The van der Waals surface area contributed by atoms with E-state index >= 15 is 0 Å². The average molecular weight is 256 g/mol. The van der Waals surface area contributed by atoms with Crippen LogP contribution in [0.25, 0.3) is 0 Å². The summed E-state index contributed by atoms with van der Waals surface area (Å²) in [6, 6.07) is 0.400. The van der Waals surface area contributed by atoms with E-state index in [1.807, 2.05) is 13.8 Å². The van der Waals surface area contributed by atoms with Gasteiger partial charge in [-0.3, -0.25) is 14.5 Å². The molecule has 1 saturated carbocycles. The van der Waals surface area contributed by atoms with Crippen LogP contribution in [0.4, 0.5) is 0 Å². The Balaban J connectivity index is 2.42. The number of hydrogen-bond acceptors (Lipinski definition) is 3. The molecule has 1 atom stereocenters. The van der Waals surface area contributed by atoms with Gasteiger partial charge in [-0.2, -0.15) is 0 Å². The van der Waals surface area contributed by atoms with Gasteiger partial charge >= 0.3 is 5.97 Å². The first-order chi connectivity index (χ1) is 8.52. The largest absolute Gasteiger partial charge is 0.480 e. The summed E-state index contributed by atoms with van der Waals surface area (Å²) in [7, 11) is 0. The van der Waals surface area contributed by atoms with Crippen molar-refractivity contribution in [2.75, 3.05) is 13.1 Å². The fourth-order valence-corrected chi connectivity index (χ4v) is 2.33. The minimum absolute atomic E-state index is 0.0524. The average Bonchev–Trinajstić information content (AvgIpc) is 2.79. The fourth-order valence-electron chi connectivity index (χ4n) is 2.33. The van der Waals surface area contributed by atoms with Crippen LogP contribution in [-0.2, 0) is 9.59 Å². The topological polar surface area (TPSA) is 69.6 Å². The highest BCUT2D eigenvalue weighted by atomic mass is 16.4. The van der Waals surface area contributed by atoms with Crippen LogP contribution >= 0.6 is 0 Å².